The van der Waals surface area contributed by atoms with Gasteiger partial charge in [-0.2, -0.15) is 0 Å². The summed E-state index contributed by atoms with van der Waals surface area (Å²) >= 11 is 0. The molecule has 0 aromatic rings. The number of carbonyl (C=O) groups is 2. The van der Waals surface area contributed by atoms with Crippen LogP contribution in [0.25, 0.3) is 0 Å². The van der Waals surface area contributed by atoms with Crippen LogP contribution in [0.15, 0.2) is 36.5 Å². The first-order valence-electron chi connectivity index (χ1n) is 23.8. The van der Waals surface area contributed by atoms with E-state index >= 15 is 0 Å². The third kappa shape index (κ3) is 30.0. The Labute approximate surface area is 368 Å². The molecule has 0 saturated heterocycles. The summed E-state index contributed by atoms with van der Waals surface area (Å²) in [4.78, 5) is 35.7. The zero-order chi connectivity index (χ0) is 45.0. The van der Waals surface area contributed by atoms with Gasteiger partial charge in [-0.1, -0.05) is 166 Å². The molecular formula is C47H85O13P. The van der Waals surface area contributed by atoms with E-state index in [1.54, 1.807) is 0 Å². The van der Waals surface area contributed by atoms with Crippen molar-refractivity contribution < 1.29 is 63.1 Å². The van der Waals surface area contributed by atoms with Crippen LogP contribution in [0.3, 0.4) is 0 Å². The zero-order valence-corrected chi connectivity index (χ0v) is 38.6. The Morgan fingerprint density at radius 2 is 0.885 bits per heavy atom. The van der Waals surface area contributed by atoms with Gasteiger partial charge in [-0.15, -0.1) is 0 Å². The molecule has 1 fully saturated rings. The molecule has 8 atom stereocenters. The minimum absolute atomic E-state index is 0.0495. The lowest BCUT2D eigenvalue weighted by Gasteiger charge is -2.41. The lowest BCUT2D eigenvalue weighted by Crippen LogP contribution is -2.64. The van der Waals surface area contributed by atoms with Crippen LogP contribution in [0.2, 0.25) is 0 Å². The van der Waals surface area contributed by atoms with E-state index in [-0.39, 0.29) is 12.8 Å². The van der Waals surface area contributed by atoms with E-state index < -0.39 is 75.7 Å². The molecule has 6 unspecified atom stereocenters. The molecule has 1 rings (SSSR count). The van der Waals surface area contributed by atoms with Crippen molar-refractivity contribution in [3.8, 4) is 0 Å². The highest BCUT2D eigenvalue weighted by Crippen LogP contribution is 2.47. The minimum atomic E-state index is -5.13. The number of ether oxygens (including phenoxy) is 2. The summed E-state index contributed by atoms with van der Waals surface area (Å²) in [6.45, 7) is 3.25. The second-order valence-electron chi connectivity index (χ2n) is 16.6. The van der Waals surface area contributed by atoms with Gasteiger partial charge in [-0.3, -0.25) is 18.6 Å². The van der Waals surface area contributed by atoms with Gasteiger partial charge in [0.05, 0.1) is 6.61 Å². The number of hydrogen-bond acceptors (Lipinski definition) is 12. The number of aliphatic hydroxyl groups excluding tert-OH is 5. The first kappa shape index (κ1) is 57.1. The van der Waals surface area contributed by atoms with Crippen LogP contribution in [-0.2, 0) is 32.7 Å². The smallest absolute Gasteiger partial charge is 0.462 e. The maximum absolute atomic E-state index is 12.8. The van der Waals surface area contributed by atoms with Crippen molar-refractivity contribution in [3.05, 3.63) is 36.5 Å². The molecule has 0 aliphatic heterocycles. The monoisotopic (exact) mass is 889 g/mol. The van der Waals surface area contributed by atoms with Crippen molar-refractivity contribution >= 4 is 19.8 Å². The Morgan fingerprint density at radius 1 is 0.508 bits per heavy atom. The Hall–Kier alpha value is -1.93. The number of hydrogen-bond donors (Lipinski definition) is 6. The first-order valence-corrected chi connectivity index (χ1v) is 25.3. The van der Waals surface area contributed by atoms with E-state index in [1.165, 1.54) is 103 Å². The average molecular weight is 889 g/mol. The molecule has 0 heterocycles. The van der Waals surface area contributed by atoms with E-state index in [1.807, 2.05) is 0 Å². The maximum Gasteiger partial charge on any atom is 0.472 e. The van der Waals surface area contributed by atoms with Gasteiger partial charge in [0, 0.05) is 12.8 Å². The molecule has 14 heteroatoms. The van der Waals surface area contributed by atoms with Crippen LogP contribution in [0.1, 0.15) is 194 Å². The van der Waals surface area contributed by atoms with Crippen molar-refractivity contribution in [2.24, 2.45) is 0 Å². The minimum Gasteiger partial charge on any atom is -0.462 e. The quantitative estimate of drug-likeness (QED) is 0.0147. The molecule has 1 aliphatic carbocycles. The second-order valence-corrected chi connectivity index (χ2v) is 18.0. The van der Waals surface area contributed by atoms with Crippen LogP contribution in [0.4, 0.5) is 0 Å². The molecule has 0 spiro atoms. The highest BCUT2D eigenvalue weighted by Gasteiger charge is 2.51. The van der Waals surface area contributed by atoms with Crippen molar-refractivity contribution in [1.82, 2.24) is 0 Å². The van der Waals surface area contributed by atoms with Gasteiger partial charge < -0.3 is 39.9 Å². The predicted molar refractivity (Wildman–Crippen MR) is 240 cm³/mol. The van der Waals surface area contributed by atoms with Crippen LogP contribution in [0.5, 0.6) is 0 Å². The molecule has 0 aromatic carbocycles. The van der Waals surface area contributed by atoms with Gasteiger partial charge in [-0.25, -0.2) is 4.57 Å². The summed E-state index contributed by atoms with van der Waals surface area (Å²) in [5.41, 5.74) is 0. The normalized spacial score (nSPS) is 22.3. The number of aliphatic hydroxyl groups is 5. The molecule has 1 aliphatic rings. The van der Waals surface area contributed by atoms with E-state index in [9.17, 15) is 44.6 Å². The summed E-state index contributed by atoms with van der Waals surface area (Å²) in [5, 5.41) is 50.1. The number of rotatable bonds is 39. The van der Waals surface area contributed by atoms with E-state index in [0.29, 0.717) is 12.8 Å². The molecule has 61 heavy (non-hydrogen) atoms. The van der Waals surface area contributed by atoms with Gasteiger partial charge >= 0.3 is 19.8 Å². The summed E-state index contributed by atoms with van der Waals surface area (Å²) in [5.74, 6) is -1.14. The van der Waals surface area contributed by atoms with E-state index in [4.69, 9.17) is 18.5 Å². The van der Waals surface area contributed by atoms with Crippen LogP contribution >= 0.6 is 7.82 Å². The maximum atomic E-state index is 12.8. The van der Waals surface area contributed by atoms with Crippen molar-refractivity contribution in [1.29, 1.82) is 0 Å². The highest BCUT2D eigenvalue weighted by molar-refractivity contribution is 7.47. The fraction of sp³-hybridized carbons (Fsp3) is 0.830. The van der Waals surface area contributed by atoms with Gasteiger partial charge in [0.2, 0.25) is 0 Å². The summed E-state index contributed by atoms with van der Waals surface area (Å²) in [6.07, 6.45) is 29.1. The molecule has 13 nitrogen and oxygen atoms in total. The van der Waals surface area contributed by atoms with Gasteiger partial charge in [0.25, 0.3) is 0 Å². The van der Waals surface area contributed by atoms with Crippen molar-refractivity contribution in [3.63, 3.8) is 0 Å². The third-order valence-electron chi connectivity index (χ3n) is 11.0. The molecule has 0 amide bonds. The third-order valence-corrected chi connectivity index (χ3v) is 12.0. The van der Waals surface area contributed by atoms with Gasteiger partial charge in [0.15, 0.2) is 6.10 Å². The Morgan fingerprint density at radius 3 is 1.38 bits per heavy atom. The molecule has 6 N–H and O–H groups in total. The Kier molecular flexibility index (Phi) is 35.0. The Bertz CT molecular complexity index is 1210. The number of carbonyl (C=O) groups excluding carboxylic acids is 2. The number of esters is 2. The lowest BCUT2D eigenvalue weighted by atomic mass is 9.85. The van der Waals surface area contributed by atoms with E-state index in [2.05, 4.69) is 50.3 Å². The first-order chi connectivity index (χ1) is 29.4. The number of unbranched alkanes of at least 4 members (excludes halogenated alkanes) is 21. The number of allylic oxidation sites excluding steroid dienone is 6. The van der Waals surface area contributed by atoms with Gasteiger partial charge in [0.1, 0.15) is 43.2 Å². The summed E-state index contributed by atoms with van der Waals surface area (Å²) in [6, 6.07) is 0. The SMILES string of the molecule is CCCCC/C=C\C/C=C\C/C=C\CCCCC(=O)O[C@H](COC(=O)CCCCCCCCCCCCCCCCCCC)COP(=O)(O)OC1C(O)C(O)C(O)[C@@H](O)C1O. The van der Waals surface area contributed by atoms with E-state index in [0.717, 1.165) is 51.4 Å². The Balaban J connectivity index is 2.46. The fourth-order valence-electron chi connectivity index (χ4n) is 7.12. The average Bonchev–Trinajstić information content (AvgIpc) is 3.24. The highest BCUT2D eigenvalue weighted by atomic mass is 31.2. The predicted octanol–water partition coefficient (Wildman–Crippen LogP) is 9.39. The molecule has 0 radical (unpaired) electrons. The molecule has 356 valence electrons. The van der Waals surface area contributed by atoms with Crippen molar-refractivity contribution in [2.45, 2.75) is 236 Å². The van der Waals surface area contributed by atoms with Crippen LogP contribution in [0, 0.1) is 0 Å². The summed E-state index contributed by atoms with van der Waals surface area (Å²) in [7, 11) is -5.13. The van der Waals surface area contributed by atoms with Crippen molar-refractivity contribution in [2.75, 3.05) is 13.2 Å². The molecule has 1 saturated carbocycles. The number of phosphoric ester groups is 1. The standard InChI is InChI=1S/C47H85O13P/c1-3-5-7-9-11-13-15-17-19-20-22-23-25-27-29-31-33-35-40(48)57-37-39(38-58-61(55,56)60-47-45(53)43(51)42(50)44(52)46(47)54)59-41(49)36-34-32-30-28-26-24-21-18-16-14-12-10-8-6-4-2/h12,14,18,21,26,28,39,42-47,50-54H,3-11,13,15-17,19-20,22-25,27,29-38H2,1-2H3,(H,55,56)/b14-12-,21-18-,28-26-/t39-,42?,43-,44?,45?,46?,47?/m1/s1. The van der Waals surface area contributed by atoms with Crippen LogP contribution in [-0.4, -0.2) is 98.3 Å². The zero-order valence-electron chi connectivity index (χ0n) is 37.7. The summed E-state index contributed by atoms with van der Waals surface area (Å²) < 4.78 is 33.5. The number of phosphoric acid groups is 1. The van der Waals surface area contributed by atoms with Gasteiger partial charge in [-0.05, 0) is 51.4 Å². The molecular weight excluding hydrogens is 803 g/mol. The fourth-order valence-corrected chi connectivity index (χ4v) is 8.09. The lowest BCUT2D eigenvalue weighted by molar-refractivity contribution is -0.220. The second kappa shape index (κ2) is 37.4. The van der Waals surface area contributed by atoms with Crippen LogP contribution < -0.4 is 0 Å². The largest absolute Gasteiger partial charge is 0.472 e. The molecule has 0 bridgehead atoms. The molecule has 0 aromatic heterocycles. The topological polar surface area (TPSA) is 210 Å².